The molecule has 0 spiro atoms. The quantitative estimate of drug-likeness (QED) is 0.767. The maximum Gasteiger partial charge on any atom is 0.223 e. The Hall–Kier alpha value is -1.42. The van der Waals surface area contributed by atoms with Crippen LogP contribution in [0.25, 0.3) is 0 Å². The van der Waals surface area contributed by atoms with E-state index in [1.165, 1.54) is 0 Å². The molecule has 4 heteroatoms. The third kappa shape index (κ3) is 1.72. The maximum atomic E-state index is 11.6. The molecule has 0 radical (unpaired) electrons. The Morgan fingerprint density at radius 2 is 2.20 bits per heavy atom. The summed E-state index contributed by atoms with van der Waals surface area (Å²) < 4.78 is 0. The van der Waals surface area contributed by atoms with E-state index < -0.39 is 0 Å². The molecule has 1 aliphatic heterocycles. The Morgan fingerprint density at radius 1 is 1.53 bits per heavy atom. The topological polar surface area (TPSA) is 59.2 Å². The molecule has 15 heavy (non-hydrogen) atoms. The number of likely N-dealkylation sites (tertiary alicyclic amines) is 1. The molecule has 0 unspecified atom stereocenters. The van der Waals surface area contributed by atoms with Crippen LogP contribution in [0.15, 0.2) is 24.5 Å². The van der Waals surface area contributed by atoms with E-state index in [1.807, 2.05) is 19.2 Å². The lowest BCUT2D eigenvalue weighted by molar-refractivity contribution is -0.127. The lowest BCUT2D eigenvalue weighted by Crippen LogP contribution is -2.26. The Labute approximate surface area is 89.1 Å². The average Bonchev–Trinajstić information content (AvgIpc) is 2.56. The number of hydrogen-bond acceptors (Lipinski definition) is 3. The van der Waals surface area contributed by atoms with Crippen molar-refractivity contribution in [2.45, 2.75) is 12.5 Å². The van der Waals surface area contributed by atoms with Gasteiger partial charge in [0, 0.05) is 31.8 Å². The predicted octanol–water partition coefficient (Wildman–Crippen LogP) is 0.560. The monoisotopic (exact) mass is 205 g/mol. The van der Waals surface area contributed by atoms with Crippen LogP contribution in [0, 0.1) is 5.92 Å². The maximum absolute atomic E-state index is 11.6. The number of carbonyl (C=O) groups is 1. The molecule has 1 saturated heterocycles. The Bertz CT molecular complexity index is 352. The van der Waals surface area contributed by atoms with Gasteiger partial charge in [0.25, 0.3) is 0 Å². The van der Waals surface area contributed by atoms with Crippen molar-refractivity contribution in [3.63, 3.8) is 0 Å². The second-order valence-electron chi connectivity index (χ2n) is 3.93. The Balaban J connectivity index is 2.30. The predicted molar refractivity (Wildman–Crippen MR) is 56.9 cm³/mol. The van der Waals surface area contributed by atoms with Gasteiger partial charge in [-0.25, -0.2) is 0 Å². The third-order valence-electron chi connectivity index (χ3n) is 3.04. The number of carbonyl (C=O) groups excluding carboxylic acids is 1. The second kappa shape index (κ2) is 3.98. The number of amides is 1. The van der Waals surface area contributed by atoms with Crippen molar-refractivity contribution in [1.82, 2.24) is 9.88 Å². The summed E-state index contributed by atoms with van der Waals surface area (Å²) in [7, 11) is 1.84. The van der Waals surface area contributed by atoms with Gasteiger partial charge in [-0.15, -0.1) is 0 Å². The van der Waals surface area contributed by atoms with Crippen molar-refractivity contribution in [2.24, 2.45) is 11.7 Å². The molecule has 0 aromatic carbocycles. The van der Waals surface area contributed by atoms with Gasteiger partial charge in [-0.3, -0.25) is 9.78 Å². The van der Waals surface area contributed by atoms with Crippen LogP contribution >= 0.6 is 0 Å². The van der Waals surface area contributed by atoms with Crippen molar-refractivity contribution >= 4 is 5.91 Å². The van der Waals surface area contributed by atoms with Gasteiger partial charge in [0.1, 0.15) is 0 Å². The van der Waals surface area contributed by atoms with Crippen LogP contribution < -0.4 is 5.73 Å². The molecule has 4 nitrogen and oxygen atoms in total. The van der Waals surface area contributed by atoms with E-state index in [0.29, 0.717) is 13.0 Å². The molecular weight excluding hydrogens is 190 g/mol. The van der Waals surface area contributed by atoms with Gasteiger partial charge in [0.2, 0.25) is 5.91 Å². The number of rotatable bonds is 2. The van der Waals surface area contributed by atoms with E-state index in [2.05, 4.69) is 4.98 Å². The molecule has 0 bridgehead atoms. The van der Waals surface area contributed by atoms with Gasteiger partial charge >= 0.3 is 0 Å². The molecular formula is C11H15N3O. The molecule has 1 amide bonds. The van der Waals surface area contributed by atoms with Crippen LogP contribution in [-0.2, 0) is 4.79 Å². The van der Waals surface area contributed by atoms with Crippen molar-refractivity contribution in [3.05, 3.63) is 30.1 Å². The van der Waals surface area contributed by atoms with Crippen molar-refractivity contribution in [3.8, 4) is 0 Å². The molecule has 80 valence electrons. The lowest BCUT2D eigenvalue weighted by Gasteiger charge is -2.24. The van der Waals surface area contributed by atoms with Gasteiger partial charge in [0.05, 0.1) is 6.04 Å². The summed E-state index contributed by atoms with van der Waals surface area (Å²) in [5.74, 6) is 0.400. The number of pyridine rings is 1. The normalized spacial score (nSPS) is 26.0. The van der Waals surface area contributed by atoms with Gasteiger partial charge < -0.3 is 10.6 Å². The highest BCUT2D eigenvalue weighted by atomic mass is 16.2. The van der Waals surface area contributed by atoms with E-state index in [9.17, 15) is 4.79 Å². The summed E-state index contributed by atoms with van der Waals surface area (Å²) in [5.41, 5.74) is 6.81. The summed E-state index contributed by atoms with van der Waals surface area (Å²) >= 11 is 0. The standard InChI is InChI=1S/C11H15N3O/c1-14-10(15)6-9(7-12)11(14)8-2-4-13-5-3-8/h2-5,9,11H,6-7,12H2,1H3/t9-,11-/m1/s1. The summed E-state index contributed by atoms with van der Waals surface area (Å²) in [6.45, 7) is 0.545. The second-order valence-corrected chi connectivity index (χ2v) is 3.93. The Morgan fingerprint density at radius 3 is 2.80 bits per heavy atom. The van der Waals surface area contributed by atoms with Crippen LogP contribution in [0.3, 0.4) is 0 Å². The fourth-order valence-electron chi connectivity index (χ4n) is 2.22. The van der Waals surface area contributed by atoms with Crippen LogP contribution in [0.5, 0.6) is 0 Å². The molecule has 0 saturated carbocycles. The molecule has 2 heterocycles. The first kappa shape index (κ1) is 10.1. The average molecular weight is 205 g/mol. The number of nitrogens with two attached hydrogens (primary N) is 1. The fraction of sp³-hybridized carbons (Fsp3) is 0.455. The smallest absolute Gasteiger partial charge is 0.223 e. The summed E-state index contributed by atoms with van der Waals surface area (Å²) in [6, 6.07) is 4.01. The number of nitrogens with zero attached hydrogens (tertiary/aromatic N) is 2. The van der Waals surface area contributed by atoms with Crippen molar-refractivity contribution in [1.29, 1.82) is 0 Å². The molecule has 1 aromatic rings. The SMILES string of the molecule is CN1C(=O)C[C@H](CN)[C@H]1c1ccncc1. The van der Waals surface area contributed by atoms with Crippen LogP contribution in [0.2, 0.25) is 0 Å². The zero-order valence-electron chi connectivity index (χ0n) is 8.76. The highest BCUT2D eigenvalue weighted by Gasteiger charge is 2.37. The number of hydrogen-bond donors (Lipinski definition) is 1. The lowest BCUT2D eigenvalue weighted by atomic mass is 9.95. The molecule has 2 N–H and O–H groups in total. The molecule has 2 rings (SSSR count). The largest absolute Gasteiger partial charge is 0.338 e. The minimum absolute atomic E-state index is 0.116. The van der Waals surface area contributed by atoms with E-state index in [4.69, 9.17) is 5.73 Å². The minimum atomic E-state index is 0.116. The van der Waals surface area contributed by atoms with Crippen LogP contribution in [-0.4, -0.2) is 29.4 Å². The molecule has 1 aromatic heterocycles. The first-order valence-electron chi connectivity index (χ1n) is 5.09. The molecule has 1 fully saturated rings. The fourth-order valence-corrected chi connectivity index (χ4v) is 2.22. The number of aromatic nitrogens is 1. The van der Waals surface area contributed by atoms with E-state index in [1.54, 1.807) is 17.3 Å². The highest BCUT2D eigenvalue weighted by Crippen LogP contribution is 2.35. The zero-order valence-corrected chi connectivity index (χ0v) is 8.76. The summed E-state index contributed by atoms with van der Waals surface area (Å²) in [5, 5.41) is 0. The molecule has 1 aliphatic rings. The molecule has 2 atom stereocenters. The molecule has 0 aliphatic carbocycles. The van der Waals surface area contributed by atoms with E-state index in [-0.39, 0.29) is 17.9 Å². The first-order chi connectivity index (χ1) is 7.24. The van der Waals surface area contributed by atoms with Gasteiger partial charge in [0.15, 0.2) is 0 Å². The van der Waals surface area contributed by atoms with E-state index >= 15 is 0 Å². The van der Waals surface area contributed by atoms with Gasteiger partial charge in [-0.1, -0.05) is 0 Å². The first-order valence-corrected chi connectivity index (χ1v) is 5.09. The van der Waals surface area contributed by atoms with Crippen LogP contribution in [0.1, 0.15) is 18.0 Å². The summed E-state index contributed by atoms with van der Waals surface area (Å²) in [4.78, 5) is 17.3. The van der Waals surface area contributed by atoms with Crippen molar-refractivity contribution < 1.29 is 4.79 Å². The minimum Gasteiger partial charge on any atom is -0.338 e. The van der Waals surface area contributed by atoms with Gasteiger partial charge in [-0.05, 0) is 24.2 Å². The highest BCUT2D eigenvalue weighted by molar-refractivity contribution is 5.79. The Kier molecular flexibility index (Phi) is 2.68. The van der Waals surface area contributed by atoms with Crippen LogP contribution in [0.4, 0.5) is 0 Å². The third-order valence-corrected chi connectivity index (χ3v) is 3.04. The van der Waals surface area contributed by atoms with Gasteiger partial charge in [-0.2, -0.15) is 0 Å². The zero-order chi connectivity index (χ0) is 10.8. The summed E-state index contributed by atoms with van der Waals surface area (Å²) in [6.07, 6.45) is 4.05. The van der Waals surface area contributed by atoms with Crippen molar-refractivity contribution in [2.75, 3.05) is 13.6 Å². The van der Waals surface area contributed by atoms with E-state index in [0.717, 1.165) is 5.56 Å².